The molecule has 0 aliphatic carbocycles. The van der Waals surface area contributed by atoms with Crippen LogP contribution < -0.4 is 5.73 Å². The van der Waals surface area contributed by atoms with Crippen molar-refractivity contribution in [2.24, 2.45) is 0 Å². The van der Waals surface area contributed by atoms with Gasteiger partial charge in [-0.25, -0.2) is 12.8 Å². The van der Waals surface area contributed by atoms with Crippen molar-refractivity contribution in [3.8, 4) is 0 Å². The summed E-state index contributed by atoms with van der Waals surface area (Å²) in [5.74, 6) is -0.702. The minimum atomic E-state index is -3.35. The molecule has 2 N–H and O–H groups in total. The van der Waals surface area contributed by atoms with Crippen LogP contribution in [0, 0.1) is 12.7 Å². The van der Waals surface area contributed by atoms with Gasteiger partial charge in [0.1, 0.15) is 5.82 Å². The third kappa shape index (κ3) is 3.57. The Bertz CT molecular complexity index is 726. The van der Waals surface area contributed by atoms with E-state index in [1.807, 2.05) is 25.1 Å². The average molecular weight is 293 g/mol. The Hall–Kier alpha value is -1.88. The Morgan fingerprint density at radius 1 is 1.05 bits per heavy atom. The summed E-state index contributed by atoms with van der Waals surface area (Å²) in [5, 5.41) is 0. The number of anilines is 1. The summed E-state index contributed by atoms with van der Waals surface area (Å²) in [7, 11) is -3.35. The predicted octanol–water partition coefficient (Wildman–Crippen LogP) is 2.83. The topological polar surface area (TPSA) is 60.2 Å². The van der Waals surface area contributed by atoms with E-state index in [1.165, 1.54) is 12.1 Å². The number of nitrogens with two attached hydrogens (primary N) is 1. The molecule has 20 heavy (non-hydrogen) atoms. The van der Waals surface area contributed by atoms with E-state index in [9.17, 15) is 12.8 Å². The molecule has 0 bridgehead atoms. The molecule has 5 heteroatoms. The van der Waals surface area contributed by atoms with Crippen molar-refractivity contribution in [2.45, 2.75) is 18.4 Å². The number of benzene rings is 2. The largest absolute Gasteiger partial charge is 0.398 e. The van der Waals surface area contributed by atoms with Crippen LogP contribution in [0.25, 0.3) is 0 Å². The first-order valence-electron chi connectivity index (χ1n) is 6.16. The lowest BCUT2D eigenvalue weighted by molar-refractivity contribution is 0.594. The molecule has 0 spiro atoms. The fourth-order valence-corrected chi connectivity index (χ4v) is 3.63. The molecule has 3 nitrogen and oxygen atoms in total. The third-order valence-corrected chi connectivity index (χ3v) is 4.62. The van der Waals surface area contributed by atoms with Gasteiger partial charge < -0.3 is 5.73 Å². The second-order valence-corrected chi connectivity index (χ2v) is 6.87. The molecule has 0 atom stereocenters. The number of rotatable bonds is 4. The maximum atomic E-state index is 13.0. The van der Waals surface area contributed by atoms with Crippen LogP contribution in [0.4, 0.5) is 10.1 Å². The smallest absolute Gasteiger partial charge is 0.158 e. The summed E-state index contributed by atoms with van der Waals surface area (Å²) in [6.45, 7) is 1.87. The van der Waals surface area contributed by atoms with Gasteiger partial charge in [-0.15, -0.1) is 0 Å². The van der Waals surface area contributed by atoms with Gasteiger partial charge in [-0.05, 0) is 35.7 Å². The van der Waals surface area contributed by atoms with E-state index in [2.05, 4.69) is 0 Å². The van der Waals surface area contributed by atoms with E-state index in [1.54, 1.807) is 6.07 Å². The Morgan fingerprint density at radius 3 is 2.35 bits per heavy atom. The molecule has 0 amide bonds. The maximum absolute atomic E-state index is 13.0. The van der Waals surface area contributed by atoms with Crippen LogP contribution in [-0.2, 0) is 21.3 Å². The lowest BCUT2D eigenvalue weighted by atomic mass is 10.1. The first-order chi connectivity index (χ1) is 9.37. The van der Waals surface area contributed by atoms with E-state index in [0.29, 0.717) is 5.56 Å². The van der Waals surface area contributed by atoms with Gasteiger partial charge >= 0.3 is 0 Å². The zero-order chi connectivity index (χ0) is 14.8. The van der Waals surface area contributed by atoms with Crippen molar-refractivity contribution < 1.29 is 12.8 Å². The highest BCUT2D eigenvalue weighted by molar-refractivity contribution is 7.89. The minimum Gasteiger partial charge on any atom is -0.398 e. The minimum absolute atomic E-state index is 0.0451. The van der Waals surface area contributed by atoms with Crippen LogP contribution in [-0.4, -0.2) is 8.42 Å². The summed E-state index contributed by atoms with van der Waals surface area (Å²) in [5.41, 5.74) is 7.95. The molecule has 0 heterocycles. The second kappa shape index (κ2) is 5.63. The highest BCUT2D eigenvalue weighted by atomic mass is 32.2. The zero-order valence-electron chi connectivity index (χ0n) is 11.1. The van der Waals surface area contributed by atoms with Crippen LogP contribution in [0.15, 0.2) is 42.5 Å². The van der Waals surface area contributed by atoms with Gasteiger partial charge in [-0.1, -0.05) is 30.3 Å². The van der Waals surface area contributed by atoms with Gasteiger partial charge in [-0.3, -0.25) is 0 Å². The van der Waals surface area contributed by atoms with Gasteiger partial charge in [0.25, 0.3) is 0 Å². The molecule has 0 aliphatic rings. The summed E-state index contributed by atoms with van der Waals surface area (Å²) in [6.07, 6.45) is 0. The number of nitrogen functional groups attached to an aromatic ring is 1. The number of hydrogen-bond donors (Lipinski definition) is 1. The Kier molecular flexibility index (Phi) is 4.09. The molecular weight excluding hydrogens is 277 g/mol. The molecule has 0 saturated carbocycles. The monoisotopic (exact) mass is 293 g/mol. The van der Waals surface area contributed by atoms with Gasteiger partial charge in [0.15, 0.2) is 9.84 Å². The molecular formula is C15H16FNO2S. The second-order valence-electron chi connectivity index (χ2n) is 4.80. The third-order valence-electron chi connectivity index (χ3n) is 3.12. The number of hydrogen-bond acceptors (Lipinski definition) is 3. The number of sulfone groups is 1. The van der Waals surface area contributed by atoms with Crippen LogP contribution in [0.2, 0.25) is 0 Å². The first kappa shape index (κ1) is 14.5. The highest BCUT2D eigenvalue weighted by Crippen LogP contribution is 2.20. The van der Waals surface area contributed by atoms with Crippen molar-refractivity contribution in [3.63, 3.8) is 0 Å². The quantitative estimate of drug-likeness (QED) is 0.882. The van der Waals surface area contributed by atoms with E-state index < -0.39 is 15.7 Å². The molecule has 0 unspecified atom stereocenters. The molecule has 2 aromatic rings. The Balaban J connectivity index is 2.22. The van der Waals surface area contributed by atoms with Gasteiger partial charge in [0.05, 0.1) is 11.5 Å². The van der Waals surface area contributed by atoms with Crippen molar-refractivity contribution in [1.29, 1.82) is 0 Å². The van der Waals surface area contributed by atoms with Crippen molar-refractivity contribution in [1.82, 2.24) is 0 Å². The number of halogens is 1. The van der Waals surface area contributed by atoms with Gasteiger partial charge in [0, 0.05) is 5.69 Å². The molecule has 0 radical (unpaired) electrons. The van der Waals surface area contributed by atoms with Gasteiger partial charge in [-0.2, -0.15) is 0 Å². The fourth-order valence-electron chi connectivity index (χ4n) is 1.99. The Labute approximate surface area is 118 Å². The zero-order valence-corrected chi connectivity index (χ0v) is 12.0. The van der Waals surface area contributed by atoms with E-state index in [-0.39, 0.29) is 17.2 Å². The van der Waals surface area contributed by atoms with Crippen molar-refractivity contribution in [2.75, 3.05) is 5.73 Å². The molecule has 0 aliphatic heterocycles. The fraction of sp³-hybridized carbons (Fsp3) is 0.200. The number of aryl methyl sites for hydroxylation is 1. The Morgan fingerprint density at radius 2 is 1.70 bits per heavy atom. The molecule has 0 fully saturated rings. The molecule has 106 valence electrons. The van der Waals surface area contributed by atoms with Crippen molar-refractivity contribution >= 4 is 15.5 Å². The normalized spacial score (nSPS) is 11.5. The highest BCUT2D eigenvalue weighted by Gasteiger charge is 2.16. The van der Waals surface area contributed by atoms with Crippen LogP contribution in [0.5, 0.6) is 0 Å². The predicted molar refractivity (Wildman–Crippen MR) is 78.3 cm³/mol. The summed E-state index contributed by atoms with van der Waals surface area (Å²) >= 11 is 0. The van der Waals surface area contributed by atoms with Crippen LogP contribution in [0.1, 0.15) is 16.7 Å². The van der Waals surface area contributed by atoms with Crippen LogP contribution >= 0.6 is 0 Å². The average Bonchev–Trinajstić information content (AvgIpc) is 2.35. The first-order valence-corrected chi connectivity index (χ1v) is 7.98. The van der Waals surface area contributed by atoms with Crippen LogP contribution in [0.3, 0.4) is 0 Å². The maximum Gasteiger partial charge on any atom is 0.158 e. The summed E-state index contributed by atoms with van der Waals surface area (Å²) in [6, 6.07) is 11.1. The molecule has 2 aromatic carbocycles. The summed E-state index contributed by atoms with van der Waals surface area (Å²) in [4.78, 5) is 0. The van der Waals surface area contributed by atoms with E-state index >= 15 is 0 Å². The van der Waals surface area contributed by atoms with Gasteiger partial charge in [0.2, 0.25) is 0 Å². The lowest BCUT2D eigenvalue weighted by Gasteiger charge is -2.09. The standard InChI is InChI=1S/C15H16FNO2S/c1-11-4-2-3-5-12(11)9-20(18,19)10-13-6-7-14(16)8-15(13)17/h2-8H,9-10,17H2,1H3. The van der Waals surface area contributed by atoms with E-state index in [0.717, 1.165) is 17.2 Å². The molecule has 0 saturated heterocycles. The SMILES string of the molecule is Cc1ccccc1CS(=O)(=O)Cc1ccc(F)cc1N. The van der Waals surface area contributed by atoms with E-state index in [4.69, 9.17) is 5.73 Å². The van der Waals surface area contributed by atoms with Crippen molar-refractivity contribution in [3.05, 3.63) is 65.0 Å². The molecule has 0 aromatic heterocycles. The summed E-state index contributed by atoms with van der Waals surface area (Å²) < 4.78 is 37.4. The molecule has 2 rings (SSSR count). The lowest BCUT2D eigenvalue weighted by Crippen LogP contribution is -2.10.